The number of unbranched alkanes of at least 4 members (excludes halogenated alkanes) is 3. The normalized spacial score (nSPS) is 19.9. The molecule has 3 heterocycles. The molecule has 1 saturated carbocycles. The van der Waals surface area contributed by atoms with Crippen molar-refractivity contribution in [1.29, 1.82) is 5.26 Å². The fraction of sp³-hybridized carbons (Fsp3) is 0.490. The van der Waals surface area contributed by atoms with Crippen molar-refractivity contribution in [1.82, 2.24) is 25.0 Å². The minimum Gasteiger partial charge on any atom is -0.489 e. The van der Waals surface area contributed by atoms with E-state index in [1.165, 1.54) is 6.07 Å². The van der Waals surface area contributed by atoms with E-state index in [2.05, 4.69) is 33.9 Å². The number of aromatic nitrogens is 1. The maximum Gasteiger partial charge on any atom is 0.417 e. The number of alkyl halides is 3. The van der Waals surface area contributed by atoms with Crippen LogP contribution in [0.15, 0.2) is 66.9 Å². The van der Waals surface area contributed by atoms with Gasteiger partial charge in [-0.05, 0) is 93.7 Å². The predicted octanol–water partition coefficient (Wildman–Crippen LogP) is 8.73. The number of nitrogens with zero attached hydrogens (tertiary/aromatic N) is 5. The van der Waals surface area contributed by atoms with E-state index in [0.717, 1.165) is 80.3 Å². The van der Waals surface area contributed by atoms with E-state index in [4.69, 9.17) is 10.00 Å². The number of anilines is 1. The maximum atomic E-state index is 13.9. The number of imide groups is 1. The first-order valence-electron chi connectivity index (χ1n) is 22.2. The number of benzene rings is 3. The summed E-state index contributed by atoms with van der Waals surface area (Å²) < 4.78 is 49.0. The zero-order chi connectivity index (χ0) is 46.1. The van der Waals surface area contributed by atoms with Crippen LogP contribution in [0.4, 0.5) is 23.7 Å². The summed E-state index contributed by atoms with van der Waals surface area (Å²) >= 11 is 0. The first kappa shape index (κ1) is 46.1. The van der Waals surface area contributed by atoms with Crippen LogP contribution in [0.3, 0.4) is 0 Å². The summed E-state index contributed by atoms with van der Waals surface area (Å²) in [4.78, 5) is 57.9. The largest absolute Gasteiger partial charge is 0.489 e. The van der Waals surface area contributed by atoms with Gasteiger partial charge >= 0.3 is 12.2 Å². The molecule has 2 saturated heterocycles. The molecule has 3 aliphatic rings. The van der Waals surface area contributed by atoms with Crippen molar-refractivity contribution in [2.75, 3.05) is 44.2 Å². The molecule has 1 aliphatic carbocycles. The van der Waals surface area contributed by atoms with Crippen molar-refractivity contribution < 1.29 is 37.1 Å². The number of carbonyl (C=O) groups is 4. The number of piperazine rings is 1. The van der Waals surface area contributed by atoms with Crippen molar-refractivity contribution in [2.24, 2.45) is 10.8 Å². The number of aryl methyl sites for hydroxylation is 1. The quantitative estimate of drug-likeness (QED) is 0.121. The Labute approximate surface area is 372 Å². The third-order valence-electron chi connectivity index (χ3n) is 13.3. The molecule has 2 aliphatic heterocycles. The monoisotopic (exact) mass is 881 g/mol. The Hall–Kier alpha value is -5.88. The lowest BCUT2D eigenvalue weighted by Gasteiger charge is -2.63. The van der Waals surface area contributed by atoms with Gasteiger partial charge in [-0.3, -0.25) is 29.5 Å². The van der Waals surface area contributed by atoms with Crippen molar-refractivity contribution >= 4 is 40.3 Å². The smallest absolute Gasteiger partial charge is 0.417 e. The molecular weight excluding hydrogens is 824 g/mol. The third kappa shape index (κ3) is 9.48. The second-order valence-electron chi connectivity index (χ2n) is 18.9. The average Bonchev–Trinajstić information content (AvgIpc) is 3.70. The number of nitriles is 1. The van der Waals surface area contributed by atoms with E-state index in [1.54, 1.807) is 17.0 Å². The average molecular weight is 882 g/mol. The topological polar surface area (TPSA) is 140 Å². The summed E-state index contributed by atoms with van der Waals surface area (Å²) in [5.74, 6) is -0.573. The molecule has 0 unspecified atom stereocenters. The number of fused-ring (bicyclic) bond motifs is 1. The SMILES string of the molecule is CC(C)n1ccc2c(N3CCC(=O)NC3=O)cc(C(=O)N3CCN(CCCCCCc4ccc(C(=O)NC5C(C)(C)C(Oc6ccc(C#N)c(C(F)(F)F)c6)C5(C)C)cc4)CC3)cc21. The third-order valence-corrected chi connectivity index (χ3v) is 13.3. The molecule has 4 aromatic rings. The number of hydrogen-bond acceptors (Lipinski definition) is 7. The minimum atomic E-state index is -4.69. The first-order chi connectivity index (χ1) is 30.3. The number of amides is 5. The van der Waals surface area contributed by atoms with Crippen molar-refractivity contribution in [3.05, 3.63) is 94.7 Å². The molecule has 0 bridgehead atoms. The van der Waals surface area contributed by atoms with Crippen LogP contribution in [-0.2, 0) is 17.4 Å². The number of halogens is 3. The van der Waals surface area contributed by atoms with Gasteiger partial charge in [0.1, 0.15) is 11.9 Å². The van der Waals surface area contributed by atoms with Crippen LogP contribution in [0.5, 0.6) is 5.75 Å². The lowest BCUT2D eigenvalue weighted by Crippen LogP contribution is -2.74. The molecular formula is C49H58F3N7O5. The minimum absolute atomic E-state index is 0.0228. The fourth-order valence-corrected chi connectivity index (χ4v) is 10.1. The molecule has 5 amide bonds. The molecule has 1 aromatic heterocycles. The summed E-state index contributed by atoms with van der Waals surface area (Å²) in [6, 6.07) is 17.6. The van der Waals surface area contributed by atoms with Gasteiger partial charge in [-0.15, -0.1) is 0 Å². The molecule has 15 heteroatoms. The van der Waals surface area contributed by atoms with Gasteiger partial charge in [0.05, 0.1) is 28.4 Å². The molecule has 64 heavy (non-hydrogen) atoms. The van der Waals surface area contributed by atoms with Crippen LogP contribution >= 0.6 is 0 Å². The highest BCUT2D eigenvalue weighted by Gasteiger charge is 2.64. The Morgan fingerprint density at radius 2 is 1.58 bits per heavy atom. The highest BCUT2D eigenvalue weighted by atomic mass is 19.4. The number of urea groups is 1. The zero-order valence-corrected chi connectivity index (χ0v) is 37.5. The lowest BCUT2D eigenvalue weighted by atomic mass is 9.49. The van der Waals surface area contributed by atoms with Crippen molar-refractivity contribution in [3.63, 3.8) is 0 Å². The summed E-state index contributed by atoms with van der Waals surface area (Å²) in [6.45, 7) is 15.9. The molecule has 3 fully saturated rings. The van der Waals surface area contributed by atoms with Gasteiger partial charge in [-0.2, -0.15) is 18.4 Å². The molecule has 0 radical (unpaired) electrons. The molecule has 12 nitrogen and oxygen atoms in total. The van der Waals surface area contributed by atoms with Gasteiger partial charge < -0.3 is 19.5 Å². The van der Waals surface area contributed by atoms with E-state index in [1.807, 2.05) is 75.2 Å². The van der Waals surface area contributed by atoms with E-state index in [0.29, 0.717) is 29.9 Å². The Morgan fingerprint density at radius 1 is 0.891 bits per heavy atom. The van der Waals surface area contributed by atoms with Crippen LogP contribution < -0.4 is 20.3 Å². The summed E-state index contributed by atoms with van der Waals surface area (Å²) in [5.41, 5.74) is 1.01. The van der Waals surface area contributed by atoms with Crippen LogP contribution in [-0.4, -0.2) is 89.5 Å². The van der Waals surface area contributed by atoms with Crippen LogP contribution in [0.1, 0.15) is 117 Å². The van der Waals surface area contributed by atoms with Crippen molar-refractivity contribution in [2.45, 2.75) is 104 Å². The van der Waals surface area contributed by atoms with Gasteiger partial charge in [-0.1, -0.05) is 52.7 Å². The summed E-state index contributed by atoms with van der Waals surface area (Å²) in [5, 5.41) is 15.6. The number of rotatable bonds is 14. The second-order valence-corrected chi connectivity index (χ2v) is 18.9. The fourth-order valence-electron chi connectivity index (χ4n) is 10.1. The maximum absolute atomic E-state index is 13.9. The lowest BCUT2D eigenvalue weighted by molar-refractivity contribution is -0.164. The van der Waals surface area contributed by atoms with Gasteiger partial charge in [-0.25, -0.2) is 4.79 Å². The number of nitrogens with one attached hydrogen (secondary N) is 2. The Bertz CT molecular complexity index is 2430. The van der Waals surface area contributed by atoms with E-state index in [9.17, 15) is 32.3 Å². The highest BCUT2D eigenvalue weighted by Crippen LogP contribution is 2.56. The number of ether oxygens (including phenoxy) is 1. The van der Waals surface area contributed by atoms with Gasteiger partial charge in [0.15, 0.2) is 0 Å². The van der Waals surface area contributed by atoms with Crippen LogP contribution in [0.2, 0.25) is 0 Å². The van der Waals surface area contributed by atoms with Crippen LogP contribution in [0, 0.1) is 22.2 Å². The van der Waals surface area contributed by atoms with Gasteiger partial charge in [0.25, 0.3) is 11.8 Å². The van der Waals surface area contributed by atoms with Crippen molar-refractivity contribution in [3.8, 4) is 11.8 Å². The highest BCUT2D eigenvalue weighted by molar-refractivity contribution is 6.11. The predicted molar refractivity (Wildman–Crippen MR) is 238 cm³/mol. The first-order valence-corrected chi connectivity index (χ1v) is 22.2. The Kier molecular flexibility index (Phi) is 13.2. The van der Waals surface area contributed by atoms with Crippen LogP contribution in [0.25, 0.3) is 10.9 Å². The Balaban J connectivity index is 0.835. The summed E-state index contributed by atoms with van der Waals surface area (Å²) in [7, 11) is 0. The summed E-state index contributed by atoms with van der Waals surface area (Å²) in [6.07, 6.45) is 2.11. The number of hydrogen-bond donors (Lipinski definition) is 2. The molecule has 0 atom stereocenters. The van der Waals surface area contributed by atoms with Gasteiger partial charge in [0.2, 0.25) is 5.91 Å². The molecule has 0 spiro atoms. The number of carbonyl (C=O) groups excluding carboxylic acids is 4. The Morgan fingerprint density at radius 3 is 2.22 bits per heavy atom. The zero-order valence-electron chi connectivity index (χ0n) is 37.5. The standard InChI is InChI=1S/C49H58F3N7O5/c1-31(2)58-21-18-37-39(58)27-35(28-40(37)59-22-19-41(60)54-46(59)63)43(62)57-25-23-56(24-26-57)20-10-8-7-9-11-32-12-14-33(15-13-32)42(61)55-44-47(3,4)45(48(44,5)6)64-36-17-16-34(30-53)38(29-36)49(50,51)52/h12-18,21,27-29,31,44-45H,7-11,19-20,22-26H2,1-6H3,(H,55,61)(H,54,60,63). The van der Waals surface area contributed by atoms with E-state index in [-0.39, 0.29) is 48.5 Å². The van der Waals surface area contributed by atoms with E-state index < -0.39 is 40.3 Å². The van der Waals surface area contributed by atoms with E-state index >= 15 is 0 Å². The molecule has 3 aromatic carbocycles. The molecule has 2 N–H and O–H groups in total. The van der Waals surface area contributed by atoms with Gasteiger partial charge in [0, 0.05) is 84.8 Å². The second kappa shape index (κ2) is 18.3. The molecule has 7 rings (SSSR count). The molecule has 340 valence electrons.